The maximum Gasteiger partial charge on any atom is 0.410 e. The van der Waals surface area contributed by atoms with E-state index in [2.05, 4.69) is 0 Å². The average Bonchev–Trinajstić information content (AvgIpc) is 2.74. The summed E-state index contributed by atoms with van der Waals surface area (Å²) in [6, 6.07) is 8.91. The number of carbonyl (C=O) groups excluding carboxylic acids is 2. The lowest BCUT2D eigenvalue weighted by atomic mass is 9.73. The van der Waals surface area contributed by atoms with Gasteiger partial charge in [-0.2, -0.15) is 0 Å². The smallest absolute Gasteiger partial charge is 0.410 e. The largest absolute Gasteiger partial charge is 0.481 e. The molecule has 0 aliphatic carbocycles. The van der Waals surface area contributed by atoms with Gasteiger partial charge in [0.1, 0.15) is 5.60 Å². The highest BCUT2D eigenvalue weighted by Gasteiger charge is 2.44. The summed E-state index contributed by atoms with van der Waals surface area (Å²) in [5.74, 6) is -0.831. The van der Waals surface area contributed by atoms with Crippen molar-refractivity contribution in [3.05, 3.63) is 35.9 Å². The van der Waals surface area contributed by atoms with Gasteiger partial charge in [-0.25, -0.2) is 9.59 Å². The van der Waals surface area contributed by atoms with Gasteiger partial charge >= 0.3 is 18.1 Å². The van der Waals surface area contributed by atoms with Crippen LogP contribution in [-0.2, 0) is 19.7 Å². The standard InChI is InChI=1S/C17H23NO4.C5H10N2O2/c1-16(2,3)22-15(21)18-11-9-17(10-12-18,14(19)20)13-7-5-4-6-8-13;6-5(8)7-1-3-9-4-2-7/h4-8H,9-12H2,1-3H3,(H,19,20);1-4H2,(H2,6,8). The number of hydrogen-bond donors (Lipinski definition) is 2. The van der Waals surface area contributed by atoms with E-state index in [0.717, 1.165) is 5.56 Å². The maximum absolute atomic E-state index is 12.1. The van der Waals surface area contributed by atoms with Crippen molar-refractivity contribution in [1.29, 1.82) is 0 Å². The number of carbonyl (C=O) groups is 3. The van der Waals surface area contributed by atoms with Crippen LogP contribution < -0.4 is 5.73 Å². The highest BCUT2D eigenvalue weighted by Crippen LogP contribution is 2.36. The molecule has 9 heteroatoms. The Hall–Kier alpha value is -2.81. The number of benzene rings is 1. The van der Waals surface area contributed by atoms with E-state index < -0.39 is 17.0 Å². The zero-order chi connectivity index (χ0) is 23.1. The van der Waals surface area contributed by atoms with Crippen LogP contribution in [0.4, 0.5) is 9.59 Å². The van der Waals surface area contributed by atoms with Gasteiger partial charge in [-0.15, -0.1) is 0 Å². The Morgan fingerprint density at radius 1 is 1.00 bits per heavy atom. The predicted molar refractivity (Wildman–Crippen MR) is 115 cm³/mol. The third kappa shape index (κ3) is 6.85. The molecule has 1 aromatic rings. The Balaban J connectivity index is 0.000000316. The number of hydrogen-bond acceptors (Lipinski definition) is 5. The number of amides is 3. The lowest BCUT2D eigenvalue weighted by Crippen LogP contribution is -2.50. The van der Waals surface area contributed by atoms with E-state index in [0.29, 0.717) is 52.2 Å². The van der Waals surface area contributed by atoms with Gasteiger partial charge in [-0.05, 0) is 39.2 Å². The summed E-state index contributed by atoms with van der Waals surface area (Å²) < 4.78 is 10.4. The number of urea groups is 1. The minimum atomic E-state index is -0.917. The molecule has 0 spiro atoms. The van der Waals surface area contributed by atoms with E-state index in [9.17, 15) is 19.5 Å². The Labute approximate surface area is 183 Å². The van der Waals surface area contributed by atoms with Crippen LogP contribution in [0.2, 0.25) is 0 Å². The number of primary amides is 1. The number of aliphatic carboxylic acids is 1. The van der Waals surface area contributed by atoms with Crippen molar-refractivity contribution in [3.63, 3.8) is 0 Å². The van der Waals surface area contributed by atoms with Crippen molar-refractivity contribution in [3.8, 4) is 0 Å². The molecule has 0 radical (unpaired) electrons. The van der Waals surface area contributed by atoms with E-state index in [1.807, 2.05) is 51.1 Å². The topological polar surface area (TPSA) is 122 Å². The molecule has 172 valence electrons. The number of ether oxygens (including phenoxy) is 2. The second kappa shape index (κ2) is 10.5. The second-order valence-electron chi connectivity index (χ2n) is 8.66. The molecule has 2 aliphatic rings. The molecule has 3 amide bonds. The number of carboxylic acids is 1. The third-order valence-corrected chi connectivity index (χ3v) is 5.33. The van der Waals surface area contributed by atoms with E-state index in [4.69, 9.17) is 15.2 Å². The molecule has 2 aliphatic heterocycles. The number of carboxylic acid groups (broad SMARTS) is 1. The van der Waals surface area contributed by atoms with E-state index in [1.165, 1.54) is 0 Å². The van der Waals surface area contributed by atoms with Crippen LogP contribution in [0.25, 0.3) is 0 Å². The van der Waals surface area contributed by atoms with Crippen LogP contribution in [0.5, 0.6) is 0 Å². The SMILES string of the molecule is CC(C)(C)OC(=O)N1CCC(C(=O)O)(c2ccccc2)CC1.NC(=O)N1CCOCC1. The van der Waals surface area contributed by atoms with Crippen LogP contribution in [0.3, 0.4) is 0 Å². The summed E-state index contributed by atoms with van der Waals surface area (Å²) in [5.41, 5.74) is 4.34. The number of piperidine rings is 1. The maximum atomic E-state index is 12.1. The first-order chi connectivity index (χ1) is 14.5. The van der Waals surface area contributed by atoms with E-state index in [-0.39, 0.29) is 12.1 Å². The minimum Gasteiger partial charge on any atom is -0.481 e. The quantitative estimate of drug-likeness (QED) is 0.736. The molecule has 3 N–H and O–H groups in total. The van der Waals surface area contributed by atoms with Crippen molar-refractivity contribution >= 4 is 18.1 Å². The first-order valence-electron chi connectivity index (χ1n) is 10.4. The van der Waals surface area contributed by atoms with Gasteiger partial charge in [0, 0.05) is 26.2 Å². The first kappa shape index (κ1) is 24.5. The Kier molecular flexibility index (Phi) is 8.27. The second-order valence-corrected chi connectivity index (χ2v) is 8.66. The van der Waals surface area contributed by atoms with Gasteiger partial charge in [-0.3, -0.25) is 4.79 Å². The number of morpholine rings is 1. The molecule has 31 heavy (non-hydrogen) atoms. The van der Waals surface area contributed by atoms with Crippen molar-refractivity contribution in [2.45, 2.75) is 44.6 Å². The van der Waals surface area contributed by atoms with Crippen molar-refractivity contribution < 1.29 is 29.0 Å². The number of nitrogens with zero attached hydrogens (tertiary/aromatic N) is 2. The summed E-state index contributed by atoms with van der Waals surface area (Å²) in [7, 11) is 0. The average molecular weight is 436 g/mol. The van der Waals surface area contributed by atoms with Gasteiger partial charge in [0.15, 0.2) is 0 Å². The molecule has 2 fully saturated rings. The molecule has 1 aromatic carbocycles. The summed E-state index contributed by atoms with van der Waals surface area (Å²) in [6.07, 6.45) is 0.413. The van der Waals surface area contributed by atoms with Crippen molar-refractivity contribution in [1.82, 2.24) is 9.80 Å². The summed E-state index contributed by atoms with van der Waals surface area (Å²) in [6.45, 7) is 8.73. The zero-order valence-electron chi connectivity index (χ0n) is 18.5. The molecule has 9 nitrogen and oxygen atoms in total. The molecule has 0 bridgehead atoms. The van der Waals surface area contributed by atoms with Gasteiger partial charge < -0.3 is 30.1 Å². The molecule has 0 saturated carbocycles. The summed E-state index contributed by atoms with van der Waals surface area (Å²) in [4.78, 5) is 37.5. The zero-order valence-corrected chi connectivity index (χ0v) is 18.5. The van der Waals surface area contributed by atoms with Gasteiger partial charge in [-0.1, -0.05) is 30.3 Å². The van der Waals surface area contributed by atoms with Crippen molar-refractivity contribution in [2.24, 2.45) is 5.73 Å². The van der Waals surface area contributed by atoms with Crippen LogP contribution >= 0.6 is 0 Å². The highest BCUT2D eigenvalue weighted by molar-refractivity contribution is 5.82. The molecular formula is C22H33N3O6. The van der Waals surface area contributed by atoms with Gasteiger partial charge in [0.25, 0.3) is 0 Å². The molecule has 2 saturated heterocycles. The van der Waals surface area contributed by atoms with Gasteiger partial charge in [0.05, 0.1) is 18.6 Å². The Morgan fingerprint density at radius 3 is 1.97 bits per heavy atom. The summed E-state index contributed by atoms with van der Waals surface area (Å²) in [5, 5.41) is 9.72. The van der Waals surface area contributed by atoms with E-state index >= 15 is 0 Å². The number of nitrogens with two attached hydrogens (primary N) is 1. The fraction of sp³-hybridized carbons (Fsp3) is 0.591. The molecular weight excluding hydrogens is 402 g/mol. The molecule has 0 unspecified atom stereocenters. The highest BCUT2D eigenvalue weighted by atomic mass is 16.6. The third-order valence-electron chi connectivity index (χ3n) is 5.33. The fourth-order valence-corrected chi connectivity index (χ4v) is 3.56. The number of likely N-dealkylation sites (tertiary alicyclic amines) is 1. The predicted octanol–water partition coefficient (Wildman–Crippen LogP) is 2.44. The van der Waals surface area contributed by atoms with Crippen LogP contribution in [0.1, 0.15) is 39.2 Å². The minimum absolute atomic E-state index is 0.349. The Bertz CT molecular complexity index is 748. The molecule has 0 atom stereocenters. The fourth-order valence-electron chi connectivity index (χ4n) is 3.56. The molecule has 2 heterocycles. The summed E-state index contributed by atoms with van der Waals surface area (Å²) >= 11 is 0. The molecule has 3 rings (SSSR count). The van der Waals surface area contributed by atoms with Crippen molar-refractivity contribution in [2.75, 3.05) is 39.4 Å². The molecule has 0 aromatic heterocycles. The van der Waals surface area contributed by atoms with Crippen LogP contribution in [-0.4, -0.2) is 78.0 Å². The van der Waals surface area contributed by atoms with Gasteiger partial charge in [0.2, 0.25) is 0 Å². The lowest BCUT2D eigenvalue weighted by Gasteiger charge is -2.39. The van der Waals surface area contributed by atoms with Crippen LogP contribution in [0.15, 0.2) is 30.3 Å². The van der Waals surface area contributed by atoms with E-state index in [1.54, 1.807) is 9.80 Å². The number of rotatable bonds is 2. The lowest BCUT2D eigenvalue weighted by molar-refractivity contribution is -0.146. The monoisotopic (exact) mass is 435 g/mol. The normalized spacial score (nSPS) is 18.4. The Morgan fingerprint density at radius 2 is 1.55 bits per heavy atom. The first-order valence-corrected chi connectivity index (χ1v) is 10.4. The van der Waals surface area contributed by atoms with Crippen LogP contribution in [0, 0.1) is 0 Å².